The van der Waals surface area contributed by atoms with E-state index in [1.165, 1.54) is 12.8 Å². The third-order valence-corrected chi connectivity index (χ3v) is 3.67. The van der Waals surface area contributed by atoms with Gasteiger partial charge in [0.25, 0.3) is 0 Å². The first-order valence-electron chi connectivity index (χ1n) is 6.34. The second kappa shape index (κ2) is 4.60. The van der Waals surface area contributed by atoms with Crippen molar-refractivity contribution in [1.82, 2.24) is 5.32 Å². The maximum Gasteiger partial charge on any atom is 0.121 e. The van der Waals surface area contributed by atoms with Gasteiger partial charge in [0.2, 0.25) is 0 Å². The molecule has 3 heteroatoms. The summed E-state index contributed by atoms with van der Waals surface area (Å²) in [5, 5.41) is 3.47. The van der Waals surface area contributed by atoms with Crippen LogP contribution in [-0.2, 0) is 4.74 Å². The van der Waals surface area contributed by atoms with E-state index in [-0.39, 0.29) is 0 Å². The molecule has 0 saturated carbocycles. The minimum absolute atomic E-state index is 0.452. The number of ether oxygens (including phenoxy) is 1. The summed E-state index contributed by atoms with van der Waals surface area (Å²) >= 11 is 0. The van der Waals surface area contributed by atoms with Crippen molar-refractivity contribution in [3.63, 3.8) is 0 Å². The van der Waals surface area contributed by atoms with E-state index in [0.29, 0.717) is 12.0 Å². The first-order chi connectivity index (χ1) is 7.93. The Bertz CT molecular complexity index is 335. The number of hydrogen-bond acceptors (Lipinski definition) is 3. The molecule has 3 rings (SSSR count). The molecule has 0 aromatic carbocycles. The molecule has 1 aromatic rings. The topological polar surface area (TPSA) is 34.4 Å². The van der Waals surface area contributed by atoms with Gasteiger partial charge in [0, 0.05) is 19.1 Å². The van der Waals surface area contributed by atoms with Crippen LogP contribution in [0.15, 0.2) is 16.5 Å². The van der Waals surface area contributed by atoms with Crippen molar-refractivity contribution in [2.45, 2.75) is 37.6 Å². The molecule has 0 spiro atoms. The molecule has 2 aliphatic rings. The molecule has 3 nitrogen and oxygen atoms in total. The zero-order chi connectivity index (χ0) is 10.8. The lowest BCUT2D eigenvalue weighted by molar-refractivity contribution is 0.0802. The van der Waals surface area contributed by atoms with E-state index < -0.39 is 0 Å². The van der Waals surface area contributed by atoms with E-state index in [0.717, 1.165) is 44.1 Å². The first kappa shape index (κ1) is 10.4. The second-order valence-electron chi connectivity index (χ2n) is 4.78. The van der Waals surface area contributed by atoms with Gasteiger partial charge >= 0.3 is 0 Å². The van der Waals surface area contributed by atoms with Crippen molar-refractivity contribution in [3.8, 4) is 0 Å². The van der Waals surface area contributed by atoms with E-state index in [4.69, 9.17) is 9.15 Å². The Morgan fingerprint density at radius 3 is 2.62 bits per heavy atom. The van der Waals surface area contributed by atoms with Crippen molar-refractivity contribution < 1.29 is 9.15 Å². The van der Waals surface area contributed by atoms with Crippen LogP contribution in [0.25, 0.3) is 0 Å². The fraction of sp³-hybridized carbons (Fsp3) is 0.692. The molecule has 0 aliphatic carbocycles. The van der Waals surface area contributed by atoms with Crippen LogP contribution in [0.2, 0.25) is 0 Å². The second-order valence-corrected chi connectivity index (χ2v) is 4.78. The van der Waals surface area contributed by atoms with Crippen LogP contribution >= 0.6 is 0 Å². The van der Waals surface area contributed by atoms with Crippen LogP contribution in [0.1, 0.15) is 49.2 Å². The normalized spacial score (nSPS) is 27.4. The molecule has 2 fully saturated rings. The summed E-state index contributed by atoms with van der Waals surface area (Å²) in [4.78, 5) is 0. The van der Waals surface area contributed by atoms with Crippen LogP contribution in [-0.4, -0.2) is 19.8 Å². The lowest BCUT2D eigenvalue weighted by Gasteiger charge is -2.20. The molecule has 0 amide bonds. The van der Waals surface area contributed by atoms with Crippen LogP contribution in [0, 0.1) is 0 Å². The summed E-state index contributed by atoms with van der Waals surface area (Å²) in [6, 6.07) is 4.76. The van der Waals surface area contributed by atoms with Crippen molar-refractivity contribution in [1.29, 1.82) is 0 Å². The summed E-state index contributed by atoms with van der Waals surface area (Å²) in [5.41, 5.74) is 0. The van der Waals surface area contributed by atoms with Gasteiger partial charge in [0.15, 0.2) is 0 Å². The molecule has 1 aromatic heterocycles. The summed E-state index contributed by atoms with van der Waals surface area (Å²) < 4.78 is 11.4. The maximum atomic E-state index is 5.99. The zero-order valence-electron chi connectivity index (χ0n) is 9.58. The molecule has 16 heavy (non-hydrogen) atoms. The molecule has 2 saturated heterocycles. The van der Waals surface area contributed by atoms with Crippen molar-refractivity contribution in [3.05, 3.63) is 23.7 Å². The van der Waals surface area contributed by atoms with Gasteiger partial charge < -0.3 is 14.5 Å². The lowest BCUT2D eigenvalue weighted by atomic mass is 9.98. The molecule has 1 atom stereocenters. The van der Waals surface area contributed by atoms with Gasteiger partial charge in [-0.3, -0.25) is 0 Å². The monoisotopic (exact) mass is 221 g/mol. The molecule has 1 unspecified atom stereocenters. The fourth-order valence-corrected chi connectivity index (χ4v) is 2.68. The van der Waals surface area contributed by atoms with Gasteiger partial charge in [-0.2, -0.15) is 0 Å². The standard InChI is InChI=1S/C13H19NO2/c1-2-11(14-7-1)13-4-3-12(16-13)10-5-8-15-9-6-10/h3-4,10-11,14H,1-2,5-9H2. The number of rotatable bonds is 2. The fourth-order valence-electron chi connectivity index (χ4n) is 2.68. The molecule has 88 valence electrons. The van der Waals surface area contributed by atoms with Crippen LogP contribution < -0.4 is 5.32 Å². The van der Waals surface area contributed by atoms with Crippen LogP contribution in [0.4, 0.5) is 0 Å². The summed E-state index contributed by atoms with van der Waals surface area (Å²) in [6.07, 6.45) is 4.68. The van der Waals surface area contributed by atoms with Crippen molar-refractivity contribution >= 4 is 0 Å². The Kier molecular flexibility index (Phi) is 2.98. The van der Waals surface area contributed by atoms with Crippen molar-refractivity contribution in [2.75, 3.05) is 19.8 Å². The van der Waals surface area contributed by atoms with Gasteiger partial charge in [-0.25, -0.2) is 0 Å². The van der Waals surface area contributed by atoms with Crippen LogP contribution in [0.3, 0.4) is 0 Å². The highest BCUT2D eigenvalue weighted by Gasteiger charge is 2.23. The third-order valence-electron chi connectivity index (χ3n) is 3.67. The van der Waals surface area contributed by atoms with Gasteiger partial charge in [0.1, 0.15) is 11.5 Å². The maximum absolute atomic E-state index is 5.99. The smallest absolute Gasteiger partial charge is 0.121 e. The van der Waals surface area contributed by atoms with Crippen molar-refractivity contribution in [2.24, 2.45) is 0 Å². The van der Waals surface area contributed by atoms with E-state index in [9.17, 15) is 0 Å². The quantitative estimate of drug-likeness (QED) is 0.833. The predicted molar refractivity (Wildman–Crippen MR) is 61.5 cm³/mol. The zero-order valence-corrected chi connectivity index (χ0v) is 9.58. The largest absolute Gasteiger partial charge is 0.464 e. The highest BCUT2D eigenvalue weighted by atomic mass is 16.5. The molecule has 3 heterocycles. The first-order valence-corrected chi connectivity index (χ1v) is 6.34. The van der Waals surface area contributed by atoms with Gasteiger partial charge in [-0.1, -0.05) is 0 Å². The molecule has 2 aliphatic heterocycles. The number of nitrogens with one attached hydrogen (secondary N) is 1. The van der Waals surface area contributed by atoms with Crippen LogP contribution in [0.5, 0.6) is 0 Å². The number of furan rings is 1. The van der Waals surface area contributed by atoms with E-state index >= 15 is 0 Å². The minimum Gasteiger partial charge on any atom is -0.464 e. The van der Waals surface area contributed by atoms with E-state index in [1.54, 1.807) is 0 Å². The Balaban J connectivity index is 1.71. The van der Waals surface area contributed by atoms with E-state index in [1.807, 2.05) is 0 Å². The third kappa shape index (κ3) is 2.02. The predicted octanol–water partition coefficient (Wildman–Crippen LogP) is 2.60. The highest BCUT2D eigenvalue weighted by molar-refractivity contribution is 5.15. The molecular weight excluding hydrogens is 202 g/mol. The number of hydrogen-bond donors (Lipinski definition) is 1. The Morgan fingerprint density at radius 2 is 1.88 bits per heavy atom. The van der Waals surface area contributed by atoms with Gasteiger partial charge in [-0.05, 0) is 44.4 Å². The summed E-state index contributed by atoms with van der Waals surface area (Å²) in [5.74, 6) is 2.86. The molecule has 1 N–H and O–H groups in total. The highest BCUT2D eigenvalue weighted by Crippen LogP contribution is 2.31. The Labute approximate surface area is 96.2 Å². The van der Waals surface area contributed by atoms with Gasteiger partial charge in [-0.15, -0.1) is 0 Å². The van der Waals surface area contributed by atoms with E-state index in [2.05, 4.69) is 17.4 Å². The Hall–Kier alpha value is -0.800. The molecule has 0 bridgehead atoms. The average Bonchev–Trinajstić information content (AvgIpc) is 3.01. The Morgan fingerprint density at radius 1 is 1.06 bits per heavy atom. The SMILES string of the molecule is c1cc(C2CCCN2)oc1C1CCOCC1. The van der Waals surface area contributed by atoms with Gasteiger partial charge in [0.05, 0.1) is 6.04 Å². The minimum atomic E-state index is 0.452. The average molecular weight is 221 g/mol. The lowest BCUT2D eigenvalue weighted by Crippen LogP contribution is -2.14. The summed E-state index contributed by atoms with van der Waals surface area (Å²) in [6.45, 7) is 2.88. The molecule has 0 radical (unpaired) electrons. The molecular formula is C13H19NO2. The summed E-state index contributed by atoms with van der Waals surface area (Å²) in [7, 11) is 0.